The zero-order chi connectivity index (χ0) is 19.5. The molecule has 0 aliphatic rings. The van der Waals surface area contributed by atoms with Crippen LogP contribution in [0, 0.1) is 0 Å². The largest absolute Gasteiger partial charge is 0.508 e. The summed E-state index contributed by atoms with van der Waals surface area (Å²) < 4.78 is 0. The molecule has 2 atom stereocenters. The van der Waals surface area contributed by atoms with Gasteiger partial charge in [-0.1, -0.05) is 72.8 Å². The van der Waals surface area contributed by atoms with E-state index in [0.717, 1.165) is 16.7 Å². The Balaban J connectivity index is 2.17. The third-order valence-electron chi connectivity index (χ3n) is 5.68. The molecule has 3 heteroatoms. The van der Waals surface area contributed by atoms with Crippen LogP contribution in [0.1, 0.15) is 36.1 Å². The maximum atomic E-state index is 10.6. The lowest BCUT2D eigenvalue weighted by Gasteiger charge is -2.33. The topological polar surface area (TPSA) is 60.7 Å². The summed E-state index contributed by atoms with van der Waals surface area (Å²) >= 11 is 0. The molecule has 0 spiro atoms. The highest BCUT2D eigenvalue weighted by molar-refractivity contribution is 5.51. The number of aliphatic hydroxyl groups is 2. The summed E-state index contributed by atoms with van der Waals surface area (Å²) in [6.07, 6.45) is 0. The van der Waals surface area contributed by atoms with Gasteiger partial charge in [-0.3, -0.25) is 0 Å². The molecule has 3 N–H and O–H groups in total. The van der Waals surface area contributed by atoms with Crippen molar-refractivity contribution in [1.29, 1.82) is 0 Å². The molecule has 0 heterocycles. The average molecular weight is 362 g/mol. The summed E-state index contributed by atoms with van der Waals surface area (Å²) in [4.78, 5) is 0. The van der Waals surface area contributed by atoms with Crippen LogP contribution in [0.15, 0.2) is 78.9 Å². The van der Waals surface area contributed by atoms with Gasteiger partial charge in [0.1, 0.15) is 5.75 Å². The van der Waals surface area contributed by atoms with Crippen LogP contribution in [0.5, 0.6) is 5.75 Å². The Hall–Kier alpha value is -2.62. The first-order valence-corrected chi connectivity index (χ1v) is 9.12. The molecule has 0 saturated heterocycles. The number of aromatic hydroxyl groups is 1. The van der Waals surface area contributed by atoms with Crippen LogP contribution in [-0.2, 0) is 10.8 Å². The number of rotatable bonds is 6. The van der Waals surface area contributed by atoms with Crippen molar-refractivity contribution >= 4 is 0 Å². The van der Waals surface area contributed by atoms with Gasteiger partial charge in [-0.05, 0) is 36.6 Å². The van der Waals surface area contributed by atoms with Gasteiger partial charge in [0.15, 0.2) is 0 Å². The standard InChI is InChI=1S/C24H26O3/c1-23(16-25,18-9-5-3-6-10-18)20-13-14-22(27)21(15-20)24(2,17-26)19-11-7-4-8-12-19/h3-15,25-27H,16-17H2,1-2H3. The zero-order valence-electron chi connectivity index (χ0n) is 15.8. The van der Waals surface area contributed by atoms with Gasteiger partial charge < -0.3 is 15.3 Å². The molecule has 0 aromatic heterocycles. The Bertz CT molecular complexity index is 892. The van der Waals surface area contributed by atoms with E-state index in [1.54, 1.807) is 6.07 Å². The Morgan fingerprint density at radius 1 is 0.630 bits per heavy atom. The normalized spacial score (nSPS) is 15.7. The van der Waals surface area contributed by atoms with Crippen molar-refractivity contribution in [3.8, 4) is 5.75 Å². The molecule has 0 aliphatic heterocycles. The highest BCUT2D eigenvalue weighted by atomic mass is 16.3. The number of phenols is 1. The maximum absolute atomic E-state index is 10.6. The smallest absolute Gasteiger partial charge is 0.119 e. The molecule has 3 aromatic rings. The molecule has 2 unspecified atom stereocenters. The molecule has 0 fully saturated rings. The van der Waals surface area contributed by atoms with Crippen LogP contribution in [0.4, 0.5) is 0 Å². The first kappa shape index (κ1) is 19.2. The second kappa shape index (κ2) is 7.55. The van der Waals surface area contributed by atoms with Gasteiger partial charge in [-0.25, -0.2) is 0 Å². The van der Waals surface area contributed by atoms with E-state index in [2.05, 4.69) is 0 Å². The van der Waals surface area contributed by atoms with Gasteiger partial charge in [-0.15, -0.1) is 0 Å². The van der Waals surface area contributed by atoms with Gasteiger partial charge in [0.25, 0.3) is 0 Å². The number of hydrogen-bond donors (Lipinski definition) is 3. The minimum absolute atomic E-state index is 0.0671. The van der Waals surface area contributed by atoms with E-state index in [1.165, 1.54) is 0 Å². The highest BCUT2D eigenvalue weighted by Gasteiger charge is 2.34. The fourth-order valence-electron chi connectivity index (χ4n) is 3.61. The number of hydrogen-bond acceptors (Lipinski definition) is 3. The van der Waals surface area contributed by atoms with E-state index < -0.39 is 10.8 Å². The second-order valence-corrected chi connectivity index (χ2v) is 7.44. The fourth-order valence-corrected chi connectivity index (χ4v) is 3.61. The fraction of sp³-hybridized carbons (Fsp3) is 0.250. The molecule has 3 aromatic carbocycles. The summed E-state index contributed by atoms with van der Waals surface area (Å²) in [5, 5.41) is 31.0. The first-order chi connectivity index (χ1) is 13.0. The Kier molecular flexibility index (Phi) is 5.36. The van der Waals surface area contributed by atoms with Crippen molar-refractivity contribution < 1.29 is 15.3 Å². The second-order valence-electron chi connectivity index (χ2n) is 7.44. The van der Waals surface area contributed by atoms with E-state index in [9.17, 15) is 15.3 Å². The number of aliphatic hydroxyl groups excluding tert-OH is 2. The van der Waals surface area contributed by atoms with Crippen molar-refractivity contribution in [2.24, 2.45) is 0 Å². The van der Waals surface area contributed by atoms with E-state index in [-0.39, 0.29) is 19.0 Å². The average Bonchev–Trinajstić information content (AvgIpc) is 2.74. The summed E-state index contributed by atoms with van der Waals surface area (Å²) in [6, 6.07) is 24.9. The third kappa shape index (κ3) is 3.36. The molecule has 140 valence electrons. The minimum atomic E-state index is -0.756. The molecule has 0 aliphatic carbocycles. The van der Waals surface area contributed by atoms with Crippen LogP contribution in [0.2, 0.25) is 0 Å². The molecule has 3 nitrogen and oxygen atoms in total. The van der Waals surface area contributed by atoms with Crippen LogP contribution >= 0.6 is 0 Å². The monoisotopic (exact) mass is 362 g/mol. The van der Waals surface area contributed by atoms with Gasteiger partial charge in [0.05, 0.1) is 13.2 Å². The van der Waals surface area contributed by atoms with E-state index >= 15 is 0 Å². The molecule has 3 rings (SSSR count). The van der Waals surface area contributed by atoms with Crippen LogP contribution in [0.3, 0.4) is 0 Å². The summed E-state index contributed by atoms with van der Waals surface area (Å²) in [6.45, 7) is 3.69. The highest BCUT2D eigenvalue weighted by Crippen LogP contribution is 2.40. The van der Waals surface area contributed by atoms with E-state index in [1.807, 2.05) is 86.6 Å². The lowest BCUT2D eigenvalue weighted by Crippen LogP contribution is -2.31. The van der Waals surface area contributed by atoms with Crippen molar-refractivity contribution in [3.63, 3.8) is 0 Å². The summed E-state index contributed by atoms with van der Waals surface area (Å²) in [5.41, 5.74) is 2.08. The lowest BCUT2D eigenvalue weighted by atomic mass is 9.72. The predicted molar refractivity (Wildman–Crippen MR) is 108 cm³/mol. The van der Waals surface area contributed by atoms with Crippen LogP contribution in [-0.4, -0.2) is 28.5 Å². The molecule has 27 heavy (non-hydrogen) atoms. The molecule has 0 amide bonds. The SMILES string of the molecule is CC(CO)(c1ccccc1)c1ccc(O)c(C(C)(CO)c2ccccc2)c1. The van der Waals surface area contributed by atoms with Crippen molar-refractivity contribution in [3.05, 3.63) is 101 Å². The quantitative estimate of drug-likeness (QED) is 0.621. The van der Waals surface area contributed by atoms with E-state index in [4.69, 9.17) is 0 Å². The van der Waals surface area contributed by atoms with Gasteiger partial charge in [0.2, 0.25) is 0 Å². The Morgan fingerprint density at radius 2 is 1.11 bits per heavy atom. The lowest BCUT2D eigenvalue weighted by molar-refractivity contribution is 0.225. The maximum Gasteiger partial charge on any atom is 0.119 e. The number of phenolic OH excluding ortho intramolecular Hbond substituents is 1. The first-order valence-electron chi connectivity index (χ1n) is 9.12. The van der Waals surface area contributed by atoms with E-state index in [0.29, 0.717) is 5.56 Å². The summed E-state index contributed by atoms with van der Waals surface area (Å²) in [7, 11) is 0. The third-order valence-corrected chi connectivity index (χ3v) is 5.68. The van der Waals surface area contributed by atoms with Gasteiger partial charge in [0, 0.05) is 16.4 Å². The molecular weight excluding hydrogens is 336 g/mol. The van der Waals surface area contributed by atoms with Crippen LogP contribution in [0.25, 0.3) is 0 Å². The van der Waals surface area contributed by atoms with Crippen molar-refractivity contribution in [1.82, 2.24) is 0 Å². The summed E-state index contributed by atoms with van der Waals surface area (Å²) in [5.74, 6) is 0.132. The van der Waals surface area contributed by atoms with Crippen molar-refractivity contribution in [2.45, 2.75) is 24.7 Å². The van der Waals surface area contributed by atoms with Gasteiger partial charge >= 0.3 is 0 Å². The predicted octanol–water partition coefficient (Wildman–Crippen LogP) is 3.99. The minimum Gasteiger partial charge on any atom is -0.508 e. The van der Waals surface area contributed by atoms with Gasteiger partial charge in [-0.2, -0.15) is 0 Å². The van der Waals surface area contributed by atoms with Crippen molar-refractivity contribution in [2.75, 3.05) is 13.2 Å². The van der Waals surface area contributed by atoms with Crippen LogP contribution < -0.4 is 0 Å². The molecule has 0 bridgehead atoms. The Morgan fingerprint density at radius 3 is 1.59 bits per heavy atom. The zero-order valence-corrected chi connectivity index (χ0v) is 15.8. The number of benzene rings is 3. The molecular formula is C24H26O3. The molecule has 0 saturated carbocycles. The Labute approximate surface area is 160 Å². The molecule has 0 radical (unpaired) electrons.